The summed E-state index contributed by atoms with van der Waals surface area (Å²) in [7, 11) is 0. The van der Waals surface area contributed by atoms with Crippen molar-refractivity contribution in [1.29, 1.82) is 0 Å². The van der Waals surface area contributed by atoms with E-state index < -0.39 is 27.3 Å². The Kier molecular flexibility index (Phi) is 5.50. The molecule has 0 bridgehead atoms. The zero-order valence-corrected chi connectivity index (χ0v) is 9.37. The number of carboxylic acid groups (broad SMARTS) is 1. The molecule has 3 nitrogen and oxygen atoms in total. The van der Waals surface area contributed by atoms with Crippen LogP contribution in [0.25, 0.3) is 0 Å². The Hall–Kier alpha value is 0.410. The normalized spacial score (nSPS) is 16.7. The van der Waals surface area contributed by atoms with Crippen LogP contribution in [0.1, 0.15) is 0 Å². The first-order chi connectivity index (χ1) is 5.77. The van der Waals surface area contributed by atoms with Gasteiger partial charge in [0.15, 0.2) is 4.29 Å². The van der Waals surface area contributed by atoms with Crippen LogP contribution in [0.2, 0.25) is 0 Å². The molecule has 8 heteroatoms. The Bertz CT molecular complexity index is 195. The molecule has 0 fully saturated rings. The molecular formula is C5H7BrClF2NO2S. The molecular weight excluding hydrogens is 291 g/mol. The standard InChI is InChI=1S/C5H7BrClF2NO2S/c6-4(7)5(8,9)13-1-2(10)3(11)12/h2,4H,1,10H2,(H,11,12). The maximum atomic E-state index is 12.7. The lowest BCUT2D eigenvalue weighted by Gasteiger charge is -2.17. The zero-order valence-electron chi connectivity index (χ0n) is 6.21. The monoisotopic (exact) mass is 297 g/mol. The molecule has 0 saturated carbocycles. The first kappa shape index (κ1) is 13.4. The van der Waals surface area contributed by atoms with Gasteiger partial charge in [0.25, 0.3) is 0 Å². The number of hydrogen-bond donors (Lipinski definition) is 2. The molecule has 0 aromatic heterocycles. The van der Waals surface area contributed by atoms with Crippen molar-refractivity contribution in [3.05, 3.63) is 0 Å². The van der Waals surface area contributed by atoms with Crippen molar-refractivity contribution in [2.24, 2.45) is 5.73 Å². The van der Waals surface area contributed by atoms with Crippen LogP contribution in [0.3, 0.4) is 0 Å². The fourth-order valence-corrected chi connectivity index (χ4v) is 1.59. The average Bonchev–Trinajstić information content (AvgIpc) is 1.99. The predicted octanol–water partition coefficient (Wildman–Crippen LogP) is 1.68. The van der Waals surface area contributed by atoms with E-state index in [1.165, 1.54) is 0 Å². The Morgan fingerprint density at radius 1 is 1.77 bits per heavy atom. The molecule has 0 aromatic rings. The van der Waals surface area contributed by atoms with Gasteiger partial charge in [-0.25, -0.2) is 0 Å². The number of alkyl halides is 4. The van der Waals surface area contributed by atoms with Crippen LogP contribution in [0, 0.1) is 0 Å². The highest BCUT2D eigenvalue weighted by Crippen LogP contribution is 2.38. The fourth-order valence-electron chi connectivity index (χ4n) is 0.335. The van der Waals surface area contributed by atoms with Crippen molar-refractivity contribution in [3.63, 3.8) is 0 Å². The van der Waals surface area contributed by atoms with Gasteiger partial charge in [-0.1, -0.05) is 27.7 Å². The molecule has 13 heavy (non-hydrogen) atoms. The predicted molar refractivity (Wildman–Crippen MR) is 51.6 cm³/mol. The number of aliphatic carboxylic acids is 1. The molecule has 3 N–H and O–H groups in total. The lowest BCUT2D eigenvalue weighted by molar-refractivity contribution is -0.137. The molecule has 0 heterocycles. The Morgan fingerprint density at radius 3 is 2.54 bits per heavy atom. The van der Waals surface area contributed by atoms with Gasteiger partial charge in [-0.05, 0) is 0 Å². The second kappa shape index (κ2) is 5.33. The van der Waals surface area contributed by atoms with E-state index >= 15 is 0 Å². The highest BCUT2D eigenvalue weighted by molar-refractivity contribution is 9.10. The summed E-state index contributed by atoms with van der Waals surface area (Å²) in [5.74, 6) is -1.71. The number of carboxylic acids is 1. The van der Waals surface area contributed by atoms with E-state index in [-0.39, 0.29) is 11.8 Å². The van der Waals surface area contributed by atoms with E-state index in [4.69, 9.17) is 22.4 Å². The summed E-state index contributed by atoms with van der Waals surface area (Å²) in [4.78, 5) is 10.2. The number of thioether (sulfide) groups is 1. The highest BCUT2D eigenvalue weighted by Gasteiger charge is 2.38. The molecule has 0 rings (SSSR count). The van der Waals surface area contributed by atoms with Gasteiger partial charge in [-0.2, -0.15) is 8.78 Å². The second-order valence-corrected chi connectivity index (χ2v) is 5.16. The SMILES string of the molecule is NC(CSC(F)(F)C(Cl)Br)C(=O)O. The van der Waals surface area contributed by atoms with Gasteiger partial charge in [0.1, 0.15) is 6.04 Å². The topological polar surface area (TPSA) is 63.3 Å². The molecule has 2 atom stereocenters. The van der Waals surface area contributed by atoms with Crippen molar-refractivity contribution in [2.75, 3.05) is 5.75 Å². The summed E-state index contributed by atoms with van der Waals surface area (Å²) in [6.07, 6.45) is 0. The molecule has 0 spiro atoms. The number of nitrogens with two attached hydrogens (primary N) is 1. The summed E-state index contributed by atoms with van der Waals surface area (Å²) in [6, 6.07) is -1.31. The van der Waals surface area contributed by atoms with Crippen LogP contribution in [0.4, 0.5) is 8.78 Å². The summed E-state index contributed by atoms with van der Waals surface area (Å²) in [5.41, 5.74) is 5.01. The van der Waals surface area contributed by atoms with Gasteiger partial charge in [0, 0.05) is 5.75 Å². The minimum Gasteiger partial charge on any atom is -0.480 e. The zero-order chi connectivity index (χ0) is 10.6. The van der Waals surface area contributed by atoms with Crippen molar-refractivity contribution in [1.82, 2.24) is 0 Å². The van der Waals surface area contributed by atoms with Crippen LogP contribution in [-0.4, -0.2) is 32.4 Å². The minimum atomic E-state index is -3.23. The Labute approximate surface area is 91.1 Å². The summed E-state index contributed by atoms with van der Waals surface area (Å²) in [6.45, 7) is 0. The number of hydrogen-bond acceptors (Lipinski definition) is 3. The van der Waals surface area contributed by atoms with Crippen molar-refractivity contribution in [2.45, 2.75) is 15.6 Å². The third kappa shape index (κ3) is 4.99. The average molecular weight is 299 g/mol. The van der Waals surface area contributed by atoms with Gasteiger partial charge in [-0.15, -0.1) is 11.6 Å². The van der Waals surface area contributed by atoms with E-state index in [1.54, 1.807) is 0 Å². The van der Waals surface area contributed by atoms with Crippen LogP contribution in [0.5, 0.6) is 0 Å². The van der Waals surface area contributed by atoms with Crippen LogP contribution >= 0.6 is 39.3 Å². The van der Waals surface area contributed by atoms with Crippen LogP contribution in [0.15, 0.2) is 0 Å². The molecule has 0 aliphatic heterocycles. The van der Waals surface area contributed by atoms with E-state index in [2.05, 4.69) is 15.9 Å². The third-order valence-electron chi connectivity index (χ3n) is 1.03. The molecule has 0 aliphatic carbocycles. The third-order valence-corrected chi connectivity index (χ3v) is 3.45. The number of rotatable bonds is 5. The lowest BCUT2D eigenvalue weighted by Crippen LogP contribution is -2.35. The van der Waals surface area contributed by atoms with Crippen molar-refractivity contribution >= 4 is 45.3 Å². The number of carbonyl (C=O) groups is 1. The maximum Gasteiger partial charge on any atom is 0.321 e. The Balaban J connectivity index is 3.95. The molecule has 2 unspecified atom stereocenters. The number of halogens is 4. The fraction of sp³-hybridized carbons (Fsp3) is 0.800. The van der Waals surface area contributed by atoms with E-state index in [0.717, 1.165) is 0 Å². The summed E-state index contributed by atoms with van der Waals surface area (Å²) in [5, 5.41) is 5.06. The minimum absolute atomic E-state index is 0.105. The molecule has 0 radical (unpaired) electrons. The van der Waals surface area contributed by atoms with Gasteiger partial charge >= 0.3 is 11.2 Å². The summed E-state index contributed by atoms with van der Waals surface area (Å²) >= 11 is 7.68. The van der Waals surface area contributed by atoms with Gasteiger partial charge in [-0.3, -0.25) is 4.79 Å². The Morgan fingerprint density at radius 2 is 2.23 bits per heavy atom. The molecule has 78 valence electrons. The van der Waals surface area contributed by atoms with E-state index in [9.17, 15) is 13.6 Å². The van der Waals surface area contributed by atoms with Crippen molar-refractivity contribution in [3.8, 4) is 0 Å². The smallest absolute Gasteiger partial charge is 0.321 e. The second-order valence-electron chi connectivity index (χ2n) is 2.12. The molecule has 0 saturated heterocycles. The van der Waals surface area contributed by atoms with Crippen LogP contribution in [-0.2, 0) is 4.79 Å². The first-order valence-corrected chi connectivity index (χ1v) is 5.39. The summed E-state index contributed by atoms with van der Waals surface area (Å²) < 4.78 is 23.9. The molecule has 0 aliphatic rings. The van der Waals surface area contributed by atoms with Gasteiger partial charge in [0.2, 0.25) is 0 Å². The molecule has 0 amide bonds. The molecule has 0 aromatic carbocycles. The van der Waals surface area contributed by atoms with Crippen LogP contribution < -0.4 is 5.73 Å². The van der Waals surface area contributed by atoms with Gasteiger partial charge in [0.05, 0.1) is 0 Å². The van der Waals surface area contributed by atoms with E-state index in [1.807, 2.05) is 0 Å². The first-order valence-electron chi connectivity index (χ1n) is 3.05. The maximum absolute atomic E-state index is 12.7. The highest BCUT2D eigenvalue weighted by atomic mass is 79.9. The van der Waals surface area contributed by atoms with Crippen molar-refractivity contribution < 1.29 is 18.7 Å². The lowest BCUT2D eigenvalue weighted by atomic mass is 10.4. The van der Waals surface area contributed by atoms with Gasteiger partial charge < -0.3 is 10.8 Å². The van der Waals surface area contributed by atoms with E-state index in [0.29, 0.717) is 0 Å². The quantitative estimate of drug-likeness (QED) is 0.758. The largest absolute Gasteiger partial charge is 0.480 e.